The molecule has 6 heteroatoms. The summed E-state index contributed by atoms with van der Waals surface area (Å²) in [4.78, 5) is 27.1. The topological polar surface area (TPSA) is 43.4 Å². The van der Waals surface area contributed by atoms with Gasteiger partial charge in [-0.3, -0.25) is 9.59 Å². The van der Waals surface area contributed by atoms with Crippen molar-refractivity contribution in [1.82, 2.24) is 0 Å². The van der Waals surface area contributed by atoms with Gasteiger partial charge in [0.05, 0.1) is 16.2 Å². The average molecular weight is 433 g/mol. The van der Waals surface area contributed by atoms with Crippen LogP contribution in [0.15, 0.2) is 63.8 Å². The SMILES string of the molecule is O=C1C[C@@H](c2ccc(Br)cc2)[C@@](C(=O)c2cccs2)(c2cccs2)O1. The highest BCUT2D eigenvalue weighted by Gasteiger charge is 2.57. The molecule has 1 aliphatic heterocycles. The first-order valence-corrected chi connectivity index (χ1v) is 10.3. The van der Waals surface area contributed by atoms with Gasteiger partial charge in [-0.25, -0.2) is 0 Å². The third-order valence-corrected chi connectivity index (χ3v) is 6.76. The van der Waals surface area contributed by atoms with Crippen molar-refractivity contribution in [3.63, 3.8) is 0 Å². The molecule has 0 aliphatic carbocycles. The molecule has 0 bridgehead atoms. The number of hydrogen-bond donors (Lipinski definition) is 0. The lowest BCUT2D eigenvalue weighted by molar-refractivity contribution is -0.146. The molecular formula is C19H13BrO3S2. The normalized spacial score (nSPS) is 22.8. The van der Waals surface area contributed by atoms with Crippen molar-refractivity contribution in [2.45, 2.75) is 17.9 Å². The highest BCUT2D eigenvalue weighted by atomic mass is 79.9. The molecule has 2 atom stereocenters. The van der Waals surface area contributed by atoms with E-state index in [0.29, 0.717) is 4.88 Å². The van der Waals surface area contributed by atoms with Crippen LogP contribution in [0.25, 0.3) is 0 Å². The zero-order valence-corrected chi connectivity index (χ0v) is 16.2. The van der Waals surface area contributed by atoms with Crippen LogP contribution in [-0.2, 0) is 15.1 Å². The number of thiophene rings is 2. The van der Waals surface area contributed by atoms with E-state index < -0.39 is 5.60 Å². The van der Waals surface area contributed by atoms with Crippen LogP contribution in [0.3, 0.4) is 0 Å². The van der Waals surface area contributed by atoms with Gasteiger partial charge in [0.1, 0.15) is 0 Å². The number of rotatable bonds is 4. The Morgan fingerprint density at radius 3 is 2.44 bits per heavy atom. The molecule has 0 saturated carbocycles. The number of carbonyl (C=O) groups is 2. The minimum absolute atomic E-state index is 0.149. The van der Waals surface area contributed by atoms with E-state index in [1.807, 2.05) is 53.2 Å². The molecule has 3 heterocycles. The standard InChI is InChI=1S/C19H13BrO3S2/c20-13-7-5-12(6-8-13)14-11-17(21)23-19(14,16-4-2-10-25-16)18(22)15-3-1-9-24-15/h1-10,14H,11H2/t14-,19-/m0/s1. The molecule has 126 valence electrons. The van der Waals surface area contributed by atoms with Gasteiger partial charge < -0.3 is 4.74 Å². The van der Waals surface area contributed by atoms with E-state index in [1.54, 1.807) is 6.07 Å². The number of hydrogen-bond acceptors (Lipinski definition) is 5. The molecule has 3 nitrogen and oxygen atoms in total. The third-order valence-electron chi connectivity index (χ3n) is 4.38. The molecule has 1 aromatic carbocycles. The molecule has 3 aromatic rings. The predicted molar refractivity (Wildman–Crippen MR) is 102 cm³/mol. The van der Waals surface area contributed by atoms with E-state index in [1.165, 1.54) is 22.7 Å². The molecule has 2 aromatic heterocycles. The first-order valence-electron chi connectivity index (χ1n) is 7.71. The number of esters is 1. The fraction of sp³-hybridized carbons (Fsp3) is 0.158. The van der Waals surface area contributed by atoms with Gasteiger partial charge in [0, 0.05) is 10.4 Å². The maximum Gasteiger partial charge on any atom is 0.307 e. The van der Waals surface area contributed by atoms with E-state index in [0.717, 1.165) is 14.9 Å². The summed E-state index contributed by atoms with van der Waals surface area (Å²) in [7, 11) is 0. The monoisotopic (exact) mass is 432 g/mol. The Bertz CT molecular complexity index is 901. The summed E-state index contributed by atoms with van der Waals surface area (Å²) in [5, 5.41) is 3.77. The van der Waals surface area contributed by atoms with Gasteiger partial charge in [0.25, 0.3) is 0 Å². The van der Waals surface area contributed by atoms with E-state index in [2.05, 4.69) is 15.9 Å². The first kappa shape index (κ1) is 16.7. The smallest absolute Gasteiger partial charge is 0.307 e. The van der Waals surface area contributed by atoms with Crippen molar-refractivity contribution < 1.29 is 14.3 Å². The largest absolute Gasteiger partial charge is 0.444 e. The summed E-state index contributed by atoms with van der Waals surface area (Å²) >= 11 is 6.25. The van der Waals surface area contributed by atoms with E-state index in [-0.39, 0.29) is 24.1 Å². The summed E-state index contributed by atoms with van der Waals surface area (Å²) < 4.78 is 6.74. The van der Waals surface area contributed by atoms with Crippen molar-refractivity contribution in [2.75, 3.05) is 0 Å². The lowest BCUT2D eigenvalue weighted by Crippen LogP contribution is -2.39. The number of ether oxygens (including phenoxy) is 1. The lowest BCUT2D eigenvalue weighted by Gasteiger charge is -2.31. The van der Waals surface area contributed by atoms with Gasteiger partial charge in [-0.05, 0) is 40.6 Å². The van der Waals surface area contributed by atoms with Gasteiger partial charge in [-0.2, -0.15) is 0 Å². The summed E-state index contributed by atoms with van der Waals surface area (Å²) in [6.45, 7) is 0. The fourth-order valence-corrected chi connectivity index (χ4v) is 5.17. The molecule has 1 fully saturated rings. The Morgan fingerprint density at radius 1 is 1.08 bits per heavy atom. The van der Waals surface area contributed by atoms with Crippen LogP contribution >= 0.6 is 38.6 Å². The molecule has 0 amide bonds. The minimum Gasteiger partial charge on any atom is -0.444 e. The van der Waals surface area contributed by atoms with Crippen LogP contribution in [0.1, 0.15) is 32.5 Å². The molecule has 25 heavy (non-hydrogen) atoms. The Balaban J connectivity index is 1.90. The number of ketones is 1. The molecule has 0 spiro atoms. The average Bonchev–Trinajstić information content (AvgIpc) is 3.36. The van der Waals surface area contributed by atoms with Crippen LogP contribution in [0.2, 0.25) is 0 Å². The molecular weight excluding hydrogens is 420 g/mol. The number of halogens is 1. The minimum atomic E-state index is -1.29. The molecule has 0 N–H and O–H groups in total. The van der Waals surface area contributed by atoms with Crippen LogP contribution < -0.4 is 0 Å². The number of cyclic esters (lactones) is 1. The van der Waals surface area contributed by atoms with E-state index in [4.69, 9.17) is 4.74 Å². The number of Topliss-reactive ketones (excluding diaryl/α,β-unsaturated/α-hetero) is 1. The van der Waals surface area contributed by atoms with Crippen LogP contribution in [0.5, 0.6) is 0 Å². The maximum atomic E-state index is 13.5. The van der Waals surface area contributed by atoms with Crippen LogP contribution in [0, 0.1) is 0 Å². The van der Waals surface area contributed by atoms with Gasteiger partial charge in [-0.1, -0.05) is 40.2 Å². The van der Waals surface area contributed by atoms with Crippen molar-refractivity contribution in [3.05, 3.63) is 79.1 Å². The summed E-state index contributed by atoms with van der Waals surface area (Å²) in [6, 6.07) is 15.1. The highest BCUT2D eigenvalue weighted by molar-refractivity contribution is 9.10. The quantitative estimate of drug-likeness (QED) is 0.410. The third kappa shape index (κ3) is 2.78. The summed E-state index contributed by atoms with van der Waals surface area (Å²) in [6.07, 6.45) is 0.191. The Labute approximate surface area is 161 Å². The molecule has 0 radical (unpaired) electrons. The van der Waals surface area contributed by atoms with Crippen molar-refractivity contribution in [1.29, 1.82) is 0 Å². The van der Waals surface area contributed by atoms with Gasteiger partial charge in [0.15, 0.2) is 0 Å². The maximum absolute atomic E-state index is 13.5. The van der Waals surface area contributed by atoms with Gasteiger partial charge in [0.2, 0.25) is 11.4 Å². The molecule has 4 rings (SSSR count). The summed E-state index contributed by atoms with van der Waals surface area (Å²) in [5.41, 5.74) is -0.364. The second-order valence-electron chi connectivity index (χ2n) is 5.80. The lowest BCUT2D eigenvalue weighted by atomic mass is 9.77. The number of benzene rings is 1. The van der Waals surface area contributed by atoms with Gasteiger partial charge in [-0.15, -0.1) is 22.7 Å². The van der Waals surface area contributed by atoms with E-state index >= 15 is 0 Å². The zero-order valence-electron chi connectivity index (χ0n) is 13.0. The first-order chi connectivity index (χ1) is 12.1. The van der Waals surface area contributed by atoms with Crippen LogP contribution in [-0.4, -0.2) is 11.8 Å². The number of carbonyl (C=O) groups excluding carboxylic acids is 2. The predicted octanol–water partition coefficient (Wildman–Crippen LogP) is 5.38. The molecule has 1 saturated heterocycles. The Hall–Kier alpha value is -1.76. The van der Waals surface area contributed by atoms with Crippen LogP contribution in [0.4, 0.5) is 0 Å². The zero-order chi connectivity index (χ0) is 17.4. The second kappa shape index (κ2) is 6.52. The Morgan fingerprint density at radius 2 is 1.80 bits per heavy atom. The van der Waals surface area contributed by atoms with Gasteiger partial charge >= 0.3 is 5.97 Å². The van der Waals surface area contributed by atoms with Crippen molar-refractivity contribution in [2.24, 2.45) is 0 Å². The Kier molecular flexibility index (Phi) is 4.35. The molecule has 0 unspecified atom stereocenters. The van der Waals surface area contributed by atoms with Crippen molar-refractivity contribution in [3.8, 4) is 0 Å². The second-order valence-corrected chi connectivity index (χ2v) is 8.61. The van der Waals surface area contributed by atoms with E-state index in [9.17, 15) is 9.59 Å². The molecule has 1 aliphatic rings. The highest BCUT2D eigenvalue weighted by Crippen LogP contribution is 2.51. The van der Waals surface area contributed by atoms with Crippen molar-refractivity contribution >= 4 is 50.4 Å². The fourth-order valence-electron chi connectivity index (χ4n) is 3.27. The summed E-state index contributed by atoms with van der Waals surface area (Å²) in [5.74, 6) is -0.837.